The molecule has 1 aliphatic heterocycles. The maximum Gasteiger partial charge on any atom is 0.272 e. The van der Waals surface area contributed by atoms with Crippen LogP contribution in [0, 0.1) is 11.8 Å². The second-order valence-electron chi connectivity index (χ2n) is 7.06. The fourth-order valence-electron chi connectivity index (χ4n) is 3.29. The summed E-state index contributed by atoms with van der Waals surface area (Å²) in [5, 5.41) is 20.1. The summed E-state index contributed by atoms with van der Waals surface area (Å²) in [5.74, 6) is -1.98. The smallest absolute Gasteiger partial charge is 0.272 e. The lowest BCUT2D eigenvalue weighted by molar-refractivity contribution is -0.152. The van der Waals surface area contributed by atoms with Gasteiger partial charge < -0.3 is 14.9 Å². The van der Waals surface area contributed by atoms with Gasteiger partial charge in [-0.3, -0.25) is 14.8 Å². The number of piperazine rings is 1. The number of thiophene rings is 1. The van der Waals surface area contributed by atoms with Gasteiger partial charge in [-0.25, -0.2) is 5.48 Å². The molecule has 9 heteroatoms. The number of hydrogen-bond donors (Lipinski definition) is 3. The van der Waals surface area contributed by atoms with Crippen LogP contribution in [-0.4, -0.2) is 58.8 Å². The second kappa shape index (κ2) is 9.03. The highest BCUT2D eigenvalue weighted by Crippen LogP contribution is 2.31. The van der Waals surface area contributed by atoms with E-state index in [0.29, 0.717) is 26.1 Å². The predicted octanol–water partition coefficient (Wildman–Crippen LogP) is 1.97. The number of amides is 2. The summed E-state index contributed by atoms with van der Waals surface area (Å²) in [6.45, 7) is 7.60. The largest absolute Gasteiger partial charge is 0.382 e. The Morgan fingerprint density at radius 3 is 2.58 bits per heavy atom. The SMILES string of the molecule is CC(C)C[C@H](C(=O)N1CCN(c2ccc(Cl)s2)C[C@H]1C)[C@H](O)C(=O)NO. The van der Waals surface area contributed by atoms with Crippen molar-refractivity contribution in [3.8, 4) is 0 Å². The van der Waals surface area contributed by atoms with E-state index < -0.39 is 17.9 Å². The predicted molar refractivity (Wildman–Crippen MR) is 102 cm³/mol. The minimum absolute atomic E-state index is 0.0730. The molecular weight excluding hydrogens is 378 g/mol. The molecule has 7 nitrogen and oxygen atoms in total. The number of carbonyl (C=O) groups excluding carboxylic acids is 2. The standard InChI is InChI=1S/C17H26ClN3O4S/c1-10(2)8-12(15(22)16(23)19-25)17(24)21-7-6-20(9-11(21)3)14-5-4-13(18)26-14/h4-5,10-12,15,22,25H,6-9H2,1-3H3,(H,19,23)/t11-,12+,15+/m1/s1. The third kappa shape index (κ3) is 4.88. The zero-order valence-corrected chi connectivity index (χ0v) is 16.8. The molecule has 0 aromatic carbocycles. The normalized spacial score (nSPS) is 20.2. The van der Waals surface area contributed by atoms with E-state index in [0.717, 1.165) is 9.34 Å². The maximum atomic E-state index is 13.0. The molecule has 1 fully saturated rings. The van der Waals surface area contributed by atoms with E-state index >= 15 is 0 Å². The molecule has 0 radical (unpaired) electrons. The zero-order valence-electron chi connectivity index (χ0n) is 15.2. The Bertz CT molecular complexity index is 639. The minimum atomic E-state index is -1.57. The molecule has 26 heavy (non-hydrogen) atoms. The van der Waals surface area contributed by atoms with E-state index in [1.807, 2.05) is 32.9 Å². The average molecular weight is 404 g/mol. The first-order valence-electron chi connectivity index (χ1n) is 8.67. The molecule has 2 amide bonds. The molecule has 0 aliphatic carbocycles. The van der Waals surface area contributed by atoms with Crippen LogP contribution < -0.4 is 10.4 Å². The zero-order chi connectivity index (χ0) is 19.4. The first kappa shape index (κ1) is 21.0. The topological polar surface area (TPSA) is 93.1 Å². The van der Waals surface area contributed by atoms with Crippen molar-refractivity contribution >= 4 is 39.8 Å². The van der Waals surface area contributed by atoms with E-state index in [2.05, 4.69) is 4.90 Å². The summed E-state index contributed by atoms with van der Waals surface area (Å²) >= 11 is 7.50. The van der Waals surface area contributed by atoms with Crippen molar-refractivity contribution in [3.63, 3.8) is 0 Å². The highest BCUT2D eigenvalue weighted by Gasteiger charge is 2.38. The maximum absolute atomic E-state index is 13.0. The fraction of sp³-hybridized carbons (Fsp3) is 0.647. The Kier molecular flexibility index (Phi) is 7.28. The molecule has 0 spiro atoms. The summed E-state index contributed by atoms with van der Waals surface area (Å²) in [6, 6.07) is 3.75. The quantitative estimate of drug-likeness (QED) is 0.498. The molecule has 1 saturated heterocycles. The van der Waals surface area contributed by atoms with Gasteiger partial charge in [-0.15, -0.1) is 11.3 Å². The summed E-state index contributed by atoms with van der Waals surface area (Å²) < 4.78 is 0.723. The Morgan fingerprint density at radius 2 is 2.08 bits per heavy atom. The van der Waals surface area contributed by atoms with Crippen molar-refractivity contribution in [2.45, 2.75) is 39.3 Å². The number of rotatable bonds is 6. The van der Waals surface area contributed by atoms with E-state index in [1.165, 1.54) is 16.8 Å². The Balaban J connectivity index is 2.09. The van der Waals surface area contributed by atoms with Gasteiger partial charge in [0.05, 0.1) is 15.3 Å². The fourth-order valence-corrected chi connectivity index (χ4v) is 4.36. The van der Waals surface area contributed by atoms with E-state index in [1.54, 1.807) is 4.90 Å². The van der Waals surface area contributed by atoms with Crippen LogP contribution in [0.1, 0.15) is 27.2 Å². The molecule has 1 aliphatic rings. The third-order valence-electron chi connectivity index (χ3n) is 4.58. The molecule has 3 atom stereocenters. The highest BCUT2D eigenvalue weighted by atomic mass is 35.5. The van der Waals surface area contributed by atoms with Crippen LogP contribution in [-0.2, 0) is 9.59 Å². The van der Waals surface area contributed by atoms with Gasteiger partial charge in [0.25, 0.3) is 5.91 Å². The highest BCUT2D eigenvalue weighted by molar-refractivity contribution is 7.19. The lowest BCUT2D eigenvalue weighted by atomic mass is 9.89. The first-order chi connectivity index (χ1) is 12.2. The molecule has 1 aromatic rings. The molecule has 2 heterocycles. The second-order valence-corrected chi connectivity index (χ2v) is 8.75. The monoisotopic (exact) mass is 403 g/mol. The van der Waals surface area contributed by atoms with Crippen molar-refractivity contribution < 1.29 is 19.9 Å². The summed E-state index contributed by atoms with van der Waals surface area (Å²) in [6.07, 6.45) is -1.21. The van der Waals surface area contributed by atoms with Crippen LogP contribution in [0.2, 0.25) is 4.34 Å². The molecule has 146 valence electrons. The van der Waals surface area contributed by atoms with Gasteiger partial charge in [0.2, 0.25) is 5.91 Å². The molecule has 3 N–H and O–H groups in total. The van der Waals surface area contributed by atoms with Crippen LogP contribution in [0.5, 0.6) is 0 Å². The number of anilines is 1. The van der Waals surface area contributed by atoms with Crippen LogP contribution in [0.4, 0.5) is 5.00 Å². The summed E-state index contributed by atoms with van der Waals surface area (Å²) in [7, 11) is 0. The Labute approximate surface area is 162 Å². The lowest BCUT2D eigenvalue weighted by Gasteiger charge is -2.42. The number of hydroxylamine groups is 1. The molecule has 0 bridgehead atoms. The number of hydrogen-bond acceptors (Lipinski definition) is 6. The number of aliphatic hydroxyl groups excluding tert-OH is 1. The number of halogens is 1. The molecule has 0 saturated carbocycles. The van der Waals surface area contributed by atoms with Crippen LogP contribution >= 0.6 is 22.9 Å². The molecular formula is C17H26ClN3O4S. The lowest BCUT2D eigenvalue weighted by Crippen LogP contribution is -2.57. The van der Waals surface area contributed by atoms with Gasteiger partial charge in [0.15, 0.2) is 0 Å². The Hall–Kier alpha value is -1.35. The average Bonchev–Trinajstić information content (AvgIpc) is 3.04. The van der Waals surface area contributed by atoms with E-state index in [9.17, 15) is 14.7 Å². The third-order valence-corrected chi connectivity index (χ3v) is 5.88. The number of nitrogens with one attached hydrogen (secondary N) is 1. The van der Waals surface area contributed by atoms with Gasteiger partial charge in [-0.2, -0.15) is 0 Å². The van der Waals surface area contributed by atoms with Gasteiger partial charge in [-0.05, 0) is 31.4 Å². The van der Waals surface area contributed by atoms with E-state index in [-0.39, 0.29) is 17.9 Å². The van der Waals surface area contributed by atoms with Crippen LogP contribution in [0.3, 0.4) is 0 Å². The molecule has 2 rings (SSSR count). The summed E-state index contributed by atoms with van der Waals surface area (Å²) in [4.78, 5) is 28.6. The van der Waals surface area contributed by atoms with Gasteiger partial charge in [0.1, 0.15) is 6.10 Å². The number of nitrogens with zero attached hydrogens (tertiary/aromatic N) is 2. The van der Waals surface area contributed by atoms with Gasteiger partial charge >= 0.3 is 0 Å². The minimum Gasteiger partial charge on any atom is -0.382 e. The van der Waals surface area contributed by atoms with Crippen LogP contribution in [0.15, 0.2) is 12.1 Å². The van der Waals surface area contributed by atoms with Gasteiger partial charge in [0, 0.05) is 25.7 Å². The number of carbonyl (C=O) groups is 2. The van der Waals surface area contributed by atoms with Crippen molar-refractivity contribution in [1.29, 1.82) is 0 Å². The van der Waals surface area contributed by atoms with Crippen LogP contribution in [0.25, 0.3) is 0 Å². The first-order valence-corrected chi connectivity index (χ1v) is 9.86. The van der Waals surface area contributed by atoms with Crippen molar-refractivity contribution in [3.05, 3.63) is 16.5 Å². The molecule has 0 unspecified atom stereocenters. The van der Waals surface area contributed by atoms with Crippen molar-refractivity contribution in [1.82, 2.24) is 10.4 Å². The van der Waals surface area contributed by atoms with Crippen molar-refractivity contribution in [2.75, 3.05) is 24.5 Å². The van der Waals surface area contributed by atoms with Gasteiger partial charge in [-0.1, -0.05) is 25.4 Å². The van der Waals surface area contributed by atoms with E-state index in [4.69, 9.17) is 16.8 Å². The summed E-state index contributed by atoms with van der Waals surface area (Å²) in [5.41, 5.74) is 1.44. The Morgan fingerprint density at radius 1 is 1.38 bits per heavy atom. The molecule has 1 aromatic heterocycles. The van der Waals surface area contributed by atoms with Crippen molar-refractivity contribution in [2.24, 2.45) is 11.8 Å². The number of aliphatic hydroxyl groups is 1.